The Morgan fingerprint density at radius 3 is 2.68 bits per heavy atom. The zero-order chi connectivity index (χ0) is 19.9. The third kappa shape index (κ3) is 5.03. The van der Waals surface area contributed by atoms with Crippen LogP contribution >= 0.6 is 0 Å². The topological polar surface area (TPSA) is 87.7 Å². The summed E-state index contributed by atoms with van der Waals surface area (Å²) >= 11 is 0. The van der Waals surface area contributed by atoms with Crippen molar-refractivity contribution in [3.05, 3.63) is 65.2 Å². The highest BCUT2D eigenvalue weighted by atomic mass is 16.5. The van der Waals surface area contributed by atoms with Crippen LogP contribution in [-0.2, 0) is 17.6 Å². The number of methoxy groups -OCH3 is 1. The van der Waals surface area contributed by atoms with Crippen LogP contribution in [0.5, 0.6) is 5.75 Å². The smallest absolute Gasteiger partial charge is 0.315 e. The first-order valence-electron chi connectivity index (χ1n) is 9.55. The molecule has 0 saturated heterocycles. The summed E-state index contributed by atoms with van der Waals surface area (Å²) in [7, 11) is 1.65. The Hall–Kier alpha value is -3.02. The van der Waals surface area contributed by atoms with E-state index in [2.05, 4.69) is 10.6 Å². The third-order valence-corrected chi connectivity index (χ3v) is 5.12. The number of carboxylic acid groups (broad SMARTS) is 1. The fourth-order valence-electron chi connectivity index (χ4n) is 3.77. The van der Waals surface area contributed by atoms with Crippen LogP contribution in [0.2, 0.25) is 0 Å². The Bertz CT molecular complexity index is 823. The number of rotatable bonds is 8. The van der Waals surface area contributed by atoms with Crippen LogP contribution in [0.15, 0.2) is 48.5 Å². The largest absolute Gasteiger partial charge is 0.496 e. The zero-order valence-electron chi connectivity index (χ0n) is 16.0. The van der Waals surface area contributed by atoms with E-state index in [0.717, 1.165) is 35.3 Å². The predicted octanol–water partition coefficient (Wildman–Crippen LogP) is 3.46. The second kappa shape index (κ2) is 9.26. The summed E-state index contributed by atoms with van der Waals surface area (Å²) in [5.74, 6) is -0.0114. The van der Waals surface area contributed by atoms with Gasteiger partial charge < -0.3 is 20.5 Å². The molecule has 1 aliphatic carbocycles. The van der Waals surface area contributed by atoms with Crippen LogP contribution in [0.1, 0.15) is 42.0 Å². The molecule has 0 spiro atoms. The van der Waals surface area contributed by atoms with Gasteiger partial charge in [-0.3, -0.25) is 4.79 Å². The molecule has 148 valence electrons. The normalized spacial score (nSPS) is 16.1. The first-order valence-corrected chi connectivity index (χ1v) is 9.55. The number of benzene rings is 2. The van der Waals surface area contributed by atoms with Crippen LogP contribution in [0.3, 0.4) is 0 Å². The average Bonchev–Trinajstić information content (AvgIpc) is 3.09. The Labute approximate surface area is 164 Å². The fourth-order valence-corrected chi connectivity index (χ4v) is 3.77. The van der Waals surface area contributed by atoms with Crippen molar-refractivity contribution in [2.45, 2.75) is 44.2 Å². The molecule has 2 aromatic carbocycles. The molecule has 3 rings (SSSR count). The van der Waals surface area contributed by atoms with Crippen LogP contribution < -0.4 is 15.4 Å². The number of urea groups is 1. The molecule has 0 saturated carbocycles. The van der Waals surface area contributed by atoms with Crippen molar-refractivity contribution in [2.24, 2.45) is 0 Å². The zero-order valence-corrected chi connectivity index (χ0v) is 16.0. The molecule has 0 aromatic heterocycles. The fraction of sp³-hybridized carbons (Fsp3) is 0.364. The Balaban J connectivity index is 1.63. The summed E-state index contributed by atoms with van der Waals surface area (Å²) in [6, 6.07) is 15.1. The summed E-state index contributed by atoms with van der Waals surface area (Å²) in [5.41, 5.74) is 3.29. The number of ether oxygens (including phenoxy) is 1. The maximum absolute atomic E-state index is 12.6. The molecule has 0 aliphatic heterocycles. The molecule has 2 amide bonds. The van der Waals surface area contributed by atoms with Gasteiger partial charge in [-0.1, -0.05) is 42.5 Å². The van der Waals surface area contributed by atoms with Crippen molar-refractivity contribution in [3.63, 3.8) is 0 Å². The molecule has 6 heteroatoms. The third-order valence-electron chi connectivity index (χ3n) is 5.12. The van der Waals surface area contributed by atoms with Crippen LogP contribution in [0.25, 0.3) is 0 Å². The number of amides is 2. The van der Waals surface area contributed by atoms with Gasteiger partial charge in [0.25, 0.3) is 0 Å². The van der Waals surface area contributed by atoms with E-state index in [4.69, 9.17) is 9.84 Å². The van der Waals surface area contributed by atoms with Gasteiger partial charge in [-0.2, -0.15) is 0 Å². The van der Waals surface area contributed by atoms with Crippen molar-refractivity contribution in [3.8, 4) is 5.75 Å². The standard InChI is InChI=1S/C22H26N2O4/c1-28-20-9-5-8-17-18(20)11-12-19(17)24-22(27)23-16(10-13-21(25)26)14-15-6-3-2-4-7-15/h2-9,16,19H,10-14H2,1H3,(H,25,26)(H2,23,24,27). The van der Waals surface area contributed by atoms with Gasteiger partial charge in [0, 0.05) is 12.5 Å². The highest BCUT2D eigenvalue weighted by molar-refractivity contribution is 5.75. The summed E-state index contributed by atoms with van der Waals surface area (Å²) < 4.78 is 5.41. The maximum atomic E-state index is 12.6. The van der Waals surface area contributed by atoms with E-state index in [1.165, 1.54) is 0 Å². The van der Waals surface area contributed by atoms with Gasteiger partial charge in [0.05, 0.1) is 13.2 Å². The molecule has 3 N–H and O–H groups in total. The summed E-state index contributed by atoms with van der Waals surface area (Å²) in [4.78, 5) is 23.6. The van der Waals surface area contributed by atoms with Crippen LogP contribution in [0, 0.1) is 0 Å². The lowest BCUT2D eigenvalue weighted by atomic mass is 10.0. The lowest BCUT2D eigenvalue weighted by Gasteiger charge is -2.21. The number of fused-ring (bicyclic) bond motifs is 1. The van der Waals surface area contributed by atoms with Crippen molar-refractivity contribution in [1.82, 2.24) is 10.6 Å². The first kappa shape index (κ1) is 19.7. The predicted molar refractivity (Wildman–Crippen MR) is 107 cm³/mol. The van der Waals surface area contributed by atoms with Gasteiger partial charge in [-0.05, 0) is 48.4 Å². The van der Waals surface area contributed by atoms with E-state index in [0.29, 0.717) is 12.8 Å². The second-order valence-electron chi connectivity index (χ2n) is 7.06. The number of carboxylic acids is 1. The minimum absolute atomic E-state index is 0.0151. The van der Waals surface area contributed by atoms with Gasteiger partial charge in [0.2, 0.25) is 0 Å². The Morgan fingerprint density at radius 2 is 1.96 bits per heavy atom. The average molecular weight is 382 g/mol. The summed E-state index contributed by atoms with van der Waals surface area (Å²) in [6.07, 6.45) is 2.67. The summed E-state index contributed by atoms with van der Waals surface area (Å²) in [6.45, 7) is 0. The molecule has 0 radical (unpaired) electrons. The number of aliphatic carboxylic acids is 1. The van der Waals surface area contributed by atoms with Gasteiger partial charge in [0.1, 0.15) is 5.75 Å². The molecule has 1 aliphatic rings. The molecular formula is C22H26N2O4. The number of nitrogens with one attached hydrogen (secondary N) is 2. The number of hydrogen-bond acceptors (Lipinski definition) is 3. The van der Waals surface area contributed by atoms with Crippen molar-refractivity contribution in [1.29, 1.82) is 0 Å². The monoisotopic (exact) mass is 382 g/mol. The molecule has 0 fully saturated rings. The molecule has 0 bridgehead atoms. The minimum Gasteiger partial charge on any atom is -0.496 e. The molecular weight excluding hydrogens is 356 g/mol. The van der Waals surface area contributed by atoms with E-state index in [1.54, 1.807) is 7.11 Å². The lowest BCUT2D eigenvalue weighted by molar-refractivity contribution is -0.137. The molecule has 6 nitrogen and oxygen atoms in total. The van der Waals surface area contributed by atoms with Crippen LogP contribution in [-0.4, -0.2) is 30.3 Å². The molecule has 2 unspecified atom stereocenters. The van der Waals surface area contributed by atoms with E-state index >= 15 is 0 Å². The molecule has 28 heavy (non-hydrogen) atoms. The van der Waals surface area contributed by atoms with Gasteiger partial charge in [-0.15, -0.1) is 0 Å². The second-order valence-corrected chi connectivity index (χ2v) is 7.06. The first-order chi connectivity index (χ1) is 13.6. The highest BCUT2D eigenvalue weighted by Crippen LogP contribution is 2.36. The number of hydrogen-bond donors (Lipinski definition) is 3. The van der Waals surface area contributed by atoms with E-state index < -0.39 is 5.97 Å². The molecule has 2 aromatic rings. The summed E-state index contributed by atoms with van der Waals surface area (Å²) in [5, 5.41) is 15.0. The molecule has 0 heterocycles. The van der Waals surface area contributed by atoms with E-state index in [9.17, 15) is 9.59 Å². The number of carbonyl (C=O) groups excluding carboxylic acids is 1. The van der Waals surface area contributed by atoms with Crippen molar-refractivity contribution < 1.29 is 19.4 Å². The van der Waals surface area contributed by atoms with Crippen molar-refractivity contribution in [2.75, 3.05) is 7.11 Å². The van der Waals surface area contributed by atoms with Gasteiger partial charge >= 0.3 is 12.0 Å². The Morgan fingerprint density at radius 1 is 1.18 bits per heavy atom. The van der Waals surface area contributed by atoms with E-state index in [1.807, 2.05) is 48.5 Å². The lowest BCUT2D eigenvalue weighted by Crippen LogP contribution is -2.44. The minimum atomic E-state index is -0.864. The maximum Gasteiger partial charge on any atom is 0.315 e. The highest BCUT2D eigenvalue weighted by Gasteiger charge is 2.27. The quantitative estimate of drug-likeness (QED) is 0.652. The number of carbonyl (C=O) groups is 2. The van der Waals surface area contributed by atoms with Crippen molar-refractivity contribution >= 4 is 12.0 Å². The SMILES string of the molecule is COc1cccc2c1CCC2NC(=O)NC(CCC(=O)O)Cc1ccccc1. The van der Waals surface area contributed by atoms with E-state index in [-0.39, 0.29) is 24.5 Å². The molecule has 2 atom stereocenters. The van der Waals surface area contributed by atoms with Gasteiger partial charge in [-0.25, -0.2) is 4.79 Å². The van der Waals surface area contributed by atoms with Gasteiger partial charge in [0.15, 0.2) is 0 Å². The Kier molecular flexibility index (Phi) is 6.53. The van der Waals surface area contributed by atoms with Crippen LogP contribution in [0.4, 0.5) is 4.79 Å².